The summed E-state index contributed by atoms with van der Waals surface area (Å²) in [4.78, 5) is 15.5. The summed E-state index contributed by atoms with van der Waals surface area (Å²) in [6.45, 7) is 5.37. The highest BCUT2D eigenvalue weighted by molar-refractivity contribution is 9.10. The van der Waals surface area contributed by atoms with Gasteiger partial charge in [-0.1, -0.05) is 11.6 Å². The van der Waals surface area contributed by atoms with Crippen LogP contribution in [0.25, 0.3) is 0 Å². The first-order valence-corrected chi connectivity index (χ1v) is 5.51. The van der Waals surface area contributed by atoms with Crippen LogP contribution in [0.15, 0.2) is 16.7 Å². The fraction of sp³-hybridized carbons (Fsp3) is 0.400. The Balaban J connectivity index is 2.92. The van der Waals surface area contributed by atoms with Crippen molar-refractivity contribution in [1.29, 1.82) is 0 Å². The first-order valence-electron chi connectivity index (χ1n) is 4.34. The van der Waals surface area contributed by atoms with Crippen molar-refractivity contribution in [3.8, 4) is 0 Å². The van der Waals surface area contributed by atoms with E-state index in [1.165, 1.54) is 6.20 Å². The minimum atomic E-state index is -0.546. The van der Waals surface area contributed by atoms with Gasteiger partial charge in [0.1, 0.15) is 5.60 Å². The van der Waals surface area contributed by atoms with E-state index < -0.39 is 11.6 Å². The second-order valence-electron chi connectivity index (χ2n) is 3.99. The van der Waals surface area contributed by atoms with Crippen molar-refractivity contribution in [2.45, 2.75) is 26.4 Å². The zero-order chi connectivity index (χ0) is 11.6. The molecule has 0 atom stereocenters. The lowest BCUT2D eigenvalue weighted by atomic mass is 10.2. The van der Waals surface area contributed by atoms with E-state index in [4.69, 9.17) is 16.3 Å². The van der Waals surface area contributed by atoms with Crippen molar-refractivity contribution < 1.29 is 9.53 Å². The zero-order valence-electron chi connectivity index (χ0n) is 8.67. The molecule has 15 heavy (non-hydrogen) atoms. The van der Waals surface area contributed by atoms with Gasteiger partial charge in [0.05, 0.1) is 5.02 Å². The number of carbonyl (C=O) groups excluding carboxylic acids is 1. The molecule has 0 aromatic carbocycles. The van der Waals surface area contributed by atoms with Gasteiger partial charge in [-0.25, -0.2) is 9.78 Å². The fourth-order valence-electron chi connectivity index (χ4n) is 0.891. The summed E-state index contributed by atoms with van der Waals surface area (Å²) in [6, 6.07) is 1.60. The van der Waals surface area contributed by atoms with Gasteiger partial charge in [-0.2, -0.15) is 0 Å². The third kappa shape index (κ3) is 3.80. The van der Waals surface area contributed by atoms with Crippen LogP contribution in [-0.4, -0.2) is 16.6 Å². The molecular weight excluding hydrogens is 281 g/mol. The lowest BCUT2D eigenvalue weighted by Crippen LogP contribution is -2.24. The zero-order valence-corrected chi connectivity index (χ0v) is 11.0. The van der Waals surface area contributed by atoms with E-state index in [1.54, 1.807) is 26.8 Å². The lowest BCUT2D eigenvalue weighted by molar-refractivity contribution is 0.00631. The van der Waals surface area contributed by atoms with Crippen molar-refractivity contribution in [3.05, 3.63) is 27.5 Å². The van der Waals surface area contributed by atoms with Gasteiger partial charge in [-0.15, -0.1) is 0 Å². The molecule has 0 radical (unpaired) electrons. The summed E-state index contributed by atoms with van der Waals surface area (Å²) < 4.78 is 5.87. The molecule has 0 aliphatic heterocycles. The molecule has 3 nitrogen and oxygen atoms in total. The summed E-state index contributed by atoms with van der Waals surface area (Å²) in [5, 5.41) is 0.277. The van der Waals surface area contributed by atoms with Crippen LogP contribution >= 0.6 is 27.5 Å². The summed E-state index contributed by atoms with van der Waals surface area (Å²) in [5.41, 5.74) is -0.412. The molecule has 0 spiro atoms. The molecule has 82 valence electrons. The molecule has 0 aliphatic rings. The monoisotopic (exact) mass is 291 g/mol. The van der Waals surface area contributed by atoms with E-state index in [-0.39, 0.29) is 10.7 Å². The Bertz CT molecular complexity index is 387. The fourth-order valence-corrected chi connectivity index (χ4v) is 1.60. The maximum absolute atomic E-state index is 11.6. The van der Waals surface area contributed by atoms with Crippen LogP contribution in [0, 0.1) is 0 Å². The van der Waals surface area contributed by atoms with Crippen LogP contribution in [0.3, 0.4) is 0 Å². The second-order valence-corrected chi connectivity index (χ2v) is 5.31. The molecule has 0 N–H and O–H groups in total. The Labute approximate surface area is 102 Å². The highest BCUT2D eigenvalue weighted by atomic mass is 79.9. The van der Waals surface area contributed by atoms with Crippen molar-refractivity contribution in [2.24, 2.45) is 0 Å². The Kier molecular flexibility index (Phi) is 3.73. The van der Waals surface area contributed by atoms with Gasteiger partial charge < -0.3 is 4.74 Å². The molecule has 1 aromatic rings. The first kappa shape index (κ1) is 12.5. The third-order valence-corrected chi connectivity index (χ3v) is 2.12. The molecule has 0 saturated carbocycles. The van der Waals surface area contributed by atoms with Crippen molar-refractivity contribution in [1.82, 2.24) is 4.98 Å². The predicted molar refractivity (Wildman–Crippen MR) is 62.1 cm³/mol. The van der Waals surface area contributed by atoms with Crippen molar-refractivity contribution in [2.75, 3.05) is 0 Å². The van der Waals surface area contributed by atoms with E-state index in [0.29, 0.717) is 0 Å². The lowest BCUT2D eigenvalue weighted by Gasteiger charge is -2.19. The smallest absolute Gasteiger partial charge is 0.359 e. The van der Waals surface area contributed by atoms with Crippen LogP contribution in [0.1, 0.15) is 31.3 Å². The van der Waals surface area contributed by atoms with E-state index >= 15 is 0 Å². The average molecular weight is 293 g/mol. The number of ether oxygens (including phenoxy) is 1. The maximum atomic E-state index is 11.6. The largest absolute Gasteiger partial charge is 0.455 e. The third-order valence-electron chi connectivity index (χ3n) is 1.40. The topological polar surface area (TPSA) is 39.2 Å². The van der Waals surface area contributed by atoms with Gasteiger partial charge in [0, 0.05) is 10.7 Å². The quantitative estimate of drug-likeness (QED) is 0.744. The molecule has 1 aromatic heterocycles. The minimum absolute atomic E-state index is 0.134. The summed E-state index contributed by atoms with van der Waals surface area (Å²) in [5.74, 6) is -0.514. The molecule has 1 rings (SSSR count). The molecule has 0 fully saturated rings. The summed E-state index contributed by atoms with van der Waals surface area (Å²) >= 11 is 9.07. The average Bonchev–Trinajstić information content (AvgIpc) is 1.99. The summed E-state index contributed by atoms with van der Waals surface area (Å²) in [7, 11) is 0. The molecule has 0 aliphatic carbocycles. The number of esters is 1. The molecule has 0 unspecified atom stereocenters. The normalized spacial score (nSPS) is 11.3. The van der Waals surface area contributed by atoms with E-state index in [2.05, 4.69) is 20.9 Å². The molecule has 0 bridgehead atoms. The molecule has 1 heterocycles. The highest BCUT2D eigenvalue weighted by Gasteiger charge is 2.21. The van der Waals surface area contributed by atoms with Gasteiger partial charge in [0.2, 0.25) is 0 Å². The van der Waals surface area contributed by atoms with Crippen LogP contribution in [-0.2, 0) is 4.74 Å². The van der Waals surface area contributed by atoms with Crippen LogP contribution in [0.5, 0.6) is 0 Å². The molecule has 0 saturated heterocycles. The van der Waals surface area contributed by atoms with Crippen LogP contribution in [0.4, 0.5) is 0 Å². The highest BCUT2D eigenvalue weighted by Crippen LogP contribution is 2.21. The van der Waals surface area contributed by atoms with Crippen molar-refractivity contribution in [3.63, 3.8) is 0 Å². The maximum Gasteiger partial charge on any atom is 0.359 e. The number of halogens is 2. The standard InChI is InChI=1S/C10H11BrClNO2/c1-10(2,3)15-9(14)8-7(12)4-6(11)5-13-8/h4-5H,1-3H3. The Morgan fingerprint density at radius 3 is 2.60 bits per heavy atom. The SMILES string of the molecule is CC(C)(C)OC(=O)c1ncc(Br)cc1Cl. The summed E-state index contributed by atoms with van der Waals surface area (Å²) in [6.07, 6.45) is 1.51. The number of rotatable bonds is 1. The van der Waals surface area contributed by atoms with Crippen molar-refractivity contribution >= 4 is 33.5 Å². The second kappa shape index (κ2) is 4.49. The number of hydrogen-bond donors (Lipinski definition) is 0. The van der Waals surface area contributed by atoms with Gasteiger partial charge in [-0.05, 0) is 42.8 Å². The minimum Gasteiger partial charge on any atom is -0.455 e. The van der Waals surface area contributed by atoms with Gasteiger partial charge in [0.25, 0.3) is 0 Å². The van der Waals surface area contributed by atoms with E-state index in [9.17, 15) is 4.79 Å². The molecule has 0 amide bonds. The van der Waals surface area contributed by atoms with Gasteiger partial charge >= 0.3 is 5.97 Å². The number of nitrogens with zero attached hydrogens (tertiary/aromatic N) is 1. The Morgan fingerprint density at radius 1 is 1.53 bits per heavy atom. The number of aromatic nitrogens is 1. The first-order chi connectivity index (χ1) is 6.79. The number of pyridine rings is 1. The molecule has 5 heteroatoms. The van der Waals surface area contributed by atoms with Crippen LogP contribution in [0.2, 0.25) is 5.02 Å². The van der Waals surface area contributed by atoms with Gasteiger partial charge in [-0.3, -0.25) is 0 Å². The Hall–Kier alpha value is -0.610. The number of hydrogen-bond acceptors (Lipinski definition) is 3. The van der Waals surface area contributed by atoms with Crippen LogP contribution < -0.4 is 0 Å². The molecular formula is C10H11BrClNO2. The van der Waals surface area contributed by atoms with Gasteiger partial charge in [0.15, 0.2) is 5.69 Å². The number of carbonyl (C=O) groups is 1. The van der Waals surface area contributed by atoms with E-state index in [0.717, 1.165) is 4.47 Å². The predicted octanol–water partition coefficient (Wildman–Crippen LogP) is 3.45. The van der Waals surface area contributed by atoms with E-state index in [1.807, 2.05) is 0 Å². The Morgan fingerprint density at radius 2 is 2.13 bits per heavy atom.